The van der Waals surface area contributed by atoms with Gasteiger partial charge < -0.3 is 0 Å². The summed E-state index contributed by atoms with van der Waals surface area (Å²) in [7, 11) is -3.70. The monoisotopic (exact) mass is 472 g/mol. The van der Waals surface area contributed by atoms with Crippen LogP contribution in [0.4, 0.5) is 0 Å². The van der Waals surface area contributed by atoms with E-state index in [-0.39, 0.29) is 16.2 Å². The van der Waals surface area contributed by atoms with Gasteiger partial charge in [0.05, 0.1) is 4.90 Å². The van der Waals surface area contributed by atoms with E-state index in [2.05, 4.69) is 15.8 Å². The summed E-state index contributed by atoms with van der Waals surface area (Å²) in [6, 6.07) is 13.5. The molecule has 0 saturated heterocycles. The maximum Gasteiger partial charge on any atom is 0.289 e. The number of benzene rings is 2. The lowest BCUT2D eigenvalue weighted by atomic mass is 10.2. The molecule has 0 spiro atoms. The number of sulfonamides is 1. The number of hydrazine groups is 1. The Hall–Kier alpha value is -3.08. The normalized spacial score (nSPS) is 11.4. The third-order valence-electron chi connectivity index (χ3n) is 4.76. The van der Waals surface area contributed by atoms with Crippen molar-refractivity contribution in [1.29, 1.82) is 0 Å². The maximum absolute atomic E-state index is 12.7. The van der Waals surface area contributed by atoms with Gasteiger partial charge in [0, 0.05) is 29.6 Å². The molecule has 0 saturated carbocycles. The van der Waals surface area contributed by atoms with Crippen molar-refractivity contribution >= 4 is 33.2 Å². The zero-order valence-electron chi connectivity index (χ0n) is 18.0. The molecule has 0 fully saturated rings. The van der Waals surface area contributed by atoms with Gasteiger partial charge in [0.25, 0.3) is 11.8 Å². The van der Waals surface area contributed by atoms with Crippen molar-refractivity contribution in [3.63, 3.8) is 0 Å². The molecule has 0 aliphatic rings. The Labute approximate surface area is 191 Å². The van der Waals surface area contributed by atoms with E-state index in [0.717, 1.165) is 11.1 Å². The highest BCUT2D eigenvalue weighted by Crippen LogP contribution is 2.24. The minimum Gasteiger partial charge on any atom is -0.267 e. The van der Waals surface area contributed by atoms with E-state index in [0.29, 0.717) is 18.1 Å². The first kappa shape index (κ1) is 23.6. The van der Waals surface area contributed by atoms with Crippen molar-refractivity contribution in [3.8, 4) is 10.6 Å². The molecule has 0 aliphatic heterocycles. The van der Waals surface area contributed by atoms with Crippen LogP contribution < -0.4 is 10.9 Å². The molecule has 0 atom stereocenters. The first-order valence-corrected chi connectivity index (χ1v) is 12.3. The van der Waals surface area contributed by atoms with Gasteiger partial charge in [-0.3, -0.25) is 20.4 Å². The Bertz CT molecular complexity index is 1220. The van der Waals surface area contributed by atoms with Crippen LogP contribution in [0.1, 0.15) is 40.3 Å². The van der Waals surface area contributed by atoms with Crippen LogP contribution in [0.15, 0.2) is 58.8 Å². The molecule has 1 heterocycles. The van der Waals surface area contributed by atoms with Crippen LogP contribution in [0.25, 0.3) is 10.6 Å². The highest BCUT2D eigenvalue weighted by molar-refractivity contribution is 7.89. The SMILES string of the molecule is CCN(CC)S(=O)(=O)c1cccc(C(=O)NNC(=O)c2csc(-c3ccc(C)cc3)n2)c1. The van der Waals surface area contributed by atoms with Gasteiger partial charge in [-0.25, -0.2) is 13.4 Å². The third kappa shape index (κ3) is 5.21. The largest absolute Gasteiger partial charge is 0.289 e. The van der Waals surface area contributed by atoms with Gasteiger partial charge in [0.2, 0.25) is 10.0 Å². The van der Waals surface area contributed by atoms with Gasteiger partial charge in [-0.15, -0.1) is 11.3 Å². The number of carbonyl (C=O) groups is 2. The van der Waals surface area contributed by atoms with Crippen molar-refractivity contribution < 1.29 is 18.0 Å². The van der Waals surface area contributed by atoms with Crippen LogP contribution in [-0.4, -0.2) is 42.6 Å². The van der Waals surface area contributed by atoms with Gasteiger partial charge in [0.15, 0.2) is 0 Å². The van der Waals surface area contributed by atoms with Crippen LogP contribution in [0.3, 0.4) is 0 Å². The minimum atomic E-state index is -3.70. The molecule has 8 nitrogen and oxygen atoms in total. The molecule has 10 heteroatoms. The number of aryl methyl sites for hydroxylation is 1. The van der Waals surface area contributed by atoms with E-state index in [1.54, 1.807) is 19.2 Å². The number of nitrogens with zero attached hydrogens (tertiary/aromatic N) is 2. The van der Waals surface area contributed by atoms with Crippen molar-refractivity contribution in [2.24, 2.45) is 0 Å². The minimum absolute atomic E-state index is 0.0161. The molecule has 2 N–H and O–H groups in total. The van der Waals surface area contributed by atoms with Crippen LogP contribution in [0.5, 0.6) is 0 Å². The maximum atomic E-state index is 12.7. The van der Waals surface area contributed by atoms with Gasteiger partial charge in [0.1, 0.15) is 10.7 Å². The molecule has 2 amide bonds. The first-order valence-electron chi connectivity index (χ1n) is 9.99. The van der Waals surface area contributed by atoms with E-state index in [4.69, 9.17) is 0 Å². The van der Waals surface area contributed by atoms with Gasteiger partial charge in [-0.1, -0.05) is 49.7 Å². The Morgan fingerprint density at radius 3 is 2.31 bits per heavy atom. The standard InChI is InChI=1S/C22H24N4O4S2/c1-4-26(5-2)32(29,30)18-8-6-7-17(13-18)20(27)24-25-21(28)19-14-31-22(23-19)16-11-9-15(3)10-12-16/h6-14H,4-5H2,1-3H3,(H,24,27)(H,25,28). The molecule has 0 radical (unpaired) electrons. The summed E-state index contributed by atoms with van der Waals surface area (Å²) >= 11 is 1.32. The number of hydrogen-bond donors (Lipinski definition) is 2. The van der Waals surface area contributed by atoms with Crippen molar-refractivity contribution in [1.82, 2.24) is 20.1 Å². The van der Waals surface area contributed by atoms with Gasteiger partial charge in [-0.05, 0) is 25.1 Å². The number of hydrogen-bond acceptors (Lipinski definition) is 6. The molecular formula is C22H24N4O4S2. The summed E-state index contributed by atoms with van der Waals surface area (Å²) in [5.41, 5.74) is 6.93. The zero-order valence-corrected chi connectivity index (χ0v) is 19.6. The highest BCUT2D eigenvalue weighted by Gasteiger charge is 2.22. The van der Waals surface area contributed by atoms with Crippen LogP contribution in [0, 0.1) is 6.92 Å². The number of nitrogens with one attached hydrogen (secondary N) is 2. The van der Waals surface area contributed by atoms with Crippen LogP contribution >= 0.6 is 11.3 Å². The van der Waals surface area contributed by atoms with E-state index >= 15 is 0 Å². The van der Waals surface area contributed by atoms with E-state index in [9.17, 15) is 18.0 Å². The summed E-state index contributed by atoms with van der Waals surface area (Å²) in [6.45, 7) is 6.13. The molecule has 32 heavy (non-hydrogen) atoms. The van der Waals surface area contributed by atoms with Crippen LogP contribution in [0.2, 0.25) is 0 Å². The lowest BCUT2D eigenvalue weighted by Crippen LogP contribution is -2.41. The number of thiazole rings is 1. The second-order valence-corrected chi connectivity index (χ2v) is 9.73. The lowest BCUT2D eigenvalue weighted by Gasteiger charge is -2.18. The molecule has 0 aliphatic carbocycles. The molecule has 0 unspecified atom stereocenters. The molecule has 1 aromatic heterocycles. The fourth-order valence-electron chi connectivity index (χ4n) is 2.97. The second kappa shape index (κ2) is 10.0. The van der Waals surface area contributed by atoms with E-state index in [1.807, 2.05) is 31.2 Å². The van der Waals surface area contributed by atoms with Gasteiger partial charge in [-0.2, -0.15) is 4.31 Å². The molecule has 168 valence electrons. The van der Waals surface area contributed by atoms with E-state index in [1.165, 1.54) is 39.9 Å². The molecule has 3 rings (SSSR count). The lowest BCUT2D eigenvalue weighted by molar-refractivity contribution is 0.0844. The quantitative estimate of drug-likeness (QED) is 0.513. The fourth-order valence-corrected chi connectivity index (χ4v) is 5.28. The molecule has 0 bridgehead atoms. The topological polar surface area (TPSA) is 108 Å². The number of aromatic nitrogens is 1. The summed E-state index contributed by atoms with van der Waals surface area (Å²) in [5.74, 6) is -1.20. The average molecular weight is 473 g/mol. The zero-order chi connectivity index (χ0) is 23.3. The molecule has 2 aromatic carbocycles. The Kier molecular flexibility index (Phi) is 7.39. The predicted molar refractivity (Wildman–Crippen MR) is 124 cm³/mol. The summed E-state index contributed by atoms with van der Waals surface area (Å²) in [6.07, 6.45) is 0. The van der Waals surface area contributed by atoms with Crippen molar-refractivity contribution in [2.75, 3.05) is 13.1 Å². The third-order valence-corrected chi connectivity index (χ3v) is 7.70. The average Bonchev–Trinajstić information content (AvgIpc) is 3.29. The molecular weight excluding hydrogens is 448 g/mol. The first-order chi connectivity index (χ1) is 15.3. The summed E-state index contributed by atoms with van der Waals surface area (Å²) in [4.78, 5) is 29.2. The summed E-state index contributed by atoms with van der Waals surface area (Å²) < 4.78 is 26.7. The fraction of sp³-hybridized carbons (Fsp3) is 0.227. The molecule has 3 aromatic rings. The van der Waals surface area contributed by atoms with Crippen molar-refractivity contribution in [2.45, 2.75) is 25.7 Å². The van der Waals surface area contributed by atoms with E-state index < -0.39 is 21.8 Å². The number of rotatable bonds is 7. The second-order valence-electron chi connectivity index (χ2n) is 6.93. The Balaban J connectivity index is 1.67. The van der Waals surface area contributed by atoms with Crippen LogP contribution in [-0.2, 0) is 10.0 Å². The predicted octanol–water partition coefficient (Wildman–Crippen LogP) is 3.22. The van der Waals surface area contributed by atoms with Gasteiger partial charge >= 0.3 is 0 Å². The summed E-state index contributed by atoms with van der Waals surface area (Å²) in [5, 5.41) is 2.30. The number of amides is 2. The Morgan fingerprint density at radius 1 is 1.00 bits per heavy atom. The smallest absolute Gasteiger partial charge is 0.267 e. The number of carbonyl (C=O) groups excluding carboxylic acids is 2. The highest BCUT2D eigenvalue weighted by atomic mass is 32.2. The Morgan fingerprint density at radius 2 is 1.66 bits per heavy atom. The van der Waals surface area contributed by atoms with Crippen molar-refractivity contribution in [3.05, 3.63) is 70.7 Å².